The molecule has 1 aliphatic carbocycles. The Balaban J connectivity index is 1.52. The number of carbonyl (C=O) groups excluding carboxylic acids is 1. The van der Waals surface area contributed by atoms with Gasteiger partial charge in [-0.15, -0.1) is 5.10 Å². The van der Waals surface area contributed by atoms with Crippen LogP contribution < -0.4 is 5.32 Å². The topological polar surface area (TPSA) is 83.6 Å². The van der Waals surface area contributed by atoms with Gasteiger partial charge in [0.25, 0.3) is 0 Å². The second-order valence-electron chi connectivity index (χ2n) is 7.37. The van der Waals surface area contributed by atoms with Gasteiger partial charge in [0.1, 0.15) is 6.04 Å². The van der Waals surface area contributed by atoms with Crippen molar-refractivity contribution in [1.29, 1.82) is 5.26 Å². The third-order valence-electron chi connectivity index (χ3n) is 5.41. The predicted octanol–water partition coefficient (Wildman–Crippen LogP) is 4.46. The summed E-state index contributed by atoms with van der Waals surface area (Å²) in [5.74, 6) is 1.59. The fourth-order valence-electron chi connectivity index (χ4n) is 3.97. The molecule has 2 aromatic carbocycles. The third-order valence-corrected chi connectivity index (χ3v) is 6.32. The molecule has 0 saturated heterocycles. The van der Waals surface area contributed by atoms with Crippen molar-refractivity contribution < 1.29 is 4.79 Å². The van der Waals surface area contributed by atoms with Crippen LogP contribution in [0, 0.1) is 11.3 Å². The lowest BCUT2D eigenvalue weighted by atomic mass is 9.85. The lowest BCUT2D eigenvalue weighted by Crippen LogP contribution is -2.31. The average molecular weight is 414 g/mol. The number of anilines is 1. The Morgan fingerprint density at radius 2 is 1.93 bits per heavy atom. The van der Waals surface area contributed by atoms with E-state index in [1.54, 1.807) is 23.9 Å². The first-order chi connectivity index (χ1) is 14.7. The maximum absolute atomic E-state index is 12.8. The van der Waals surface area contributed by atoms with E-state index in [-0.39, 0.29) is 11.8 Å². The maximum atomic E-state index is 12.8. The number of aromatic nitrogens is 3. The van der Waals surface area contributed by atoms with Crippen LogP contribution in [0.15, 0.2) is 71.0 Å². The minimum absolute atomic E-state index is 0.151. The van der Waals surface area contributed by atoms with E-state index in [4.69, 9.17) is 15.3 Å². The van der Waals surface area contributed by atoms with Crippen LogP contribution in [0.5, 0.6) is 0 Å². The average Bonchev–Trinajstić information content (AvgIpc) is 3.20. The molecule has 1 atom stereocenters. The zero-order chi connectivity index (χ0) is 20.5. The molecule has 0 unspecified atom stereocenters. The van der Waals surface area contributed by atoms with Gasteiger partial charge in [0, 0.05) is 23.4 Å². The number of ketones is 1. The number of allylic oxidation sites excluding steroid dienone is 2. The fraction of sp³-hybridized carbons (Fsp3) is 0.217. The number of nitrogens with one attached hydrogen (secondary N) is 1. The molecule has 6 nitrogen and oxygen atoms in total. The van der Waals surface area contributed by atoms with Crippen LogP contribution in [0.2, 0.25) is 0 Å². The molecule has 0 amide bonds. The van der Waals surface area contributed by atoms with E-state index in [2.05, 4.69) is 23.5 Å². The Hall–Kier alpha value is -3.37. The molecule has 2 aliphatic rings. The highest BCUT2D eigenvalue weighted by Crippen LogP contribution is 2.40. The van der Waals surface area contributed by atoms with Crippen molar-refractivity contribution in [3.8, 4) is 6.07 Å². The summed E-state index contributed by atoms with van der Waals surface area (Å²) in [5, 5.41) is 17.9. The van der Waals surface area contributed by atoms with Crippen molar-refractivity contribution in [2.75, 3.05) is 5.32 Å². The van der Waals surface area contributed by atoms with Crippen molar-refractivity contribution >= 4 is 23.5 Å². The van der Waals surface area contributed by atoms with E-state index in [0.717, 1.165) is 35.4 Å². The Kier molecular flexibility index (Phi) is 4.85. The van der Waals surface area contributed by atoms with Gasteiger partial charge in [-0.3, -0.25) is 4.79 Å². The van der Waals surface area contributed by atoms with Gasteiger partial charge in [-0.05, 0) is 36.1 Å². The predicted molar refractivity (Wildman–Crippen MR) is 115 cm³/mol. The van der Waals surface area contributed by atoms with Gasteiger partial charge in [0.05, 0.1) is 11.6 Å². The molecule has 7 heteroatoms. The molecule has 2 heterocycles. The highest BCUT2D eigenvalue weighted by molar-refractivity contribution is 7.98. The third kappa shape index (κ3) is 3.40. The molecular weight excluding hydrogens is 394 g/mol. The summed E-state index contributed by atoms with van der Waals surface area (Å²) in [7, 11) is 0. The van der Waals surface area contributed by atoms with Crippen molar-refractivity contribution in [2.24, 2.45) is 0 Å². The van der Waals surface area contributed by atoms with E-state index in [9.17, 15) is 4.79 Å². The van der Waals surface area contributed by atoms with Gasteiger partial charge in [-0.1, -0.05) is 54.2 Å². The van der Waals surface area contributed by atoms with Gasteiger partial charge in [0.15, 0.2) is 5.78 Å². The number of Topliss-reactive ketones (excluding diaryl/α,β-unsaturated/α-hetero) is 1. The summed E-state index contributed by atoms with van der Waals surface area (Å²) in [6.45, 7) is 0. The van der Waals surface area contributed by atoms with Gasteiger partial charge in [-0.2, -0.15) is 10.2 Å². The van der Waals surface area contributed by atoms with Crippen molar-refractivity contribution in [1.82, 2.24) is 14.8 Å². The number of nitriles is 1. The SMILES string of the molecule is N#Cc1ccc([C@H]2C3=C(CCCC3=O)Nc3nc(SCc4ccccc4)nn32)cc1. The number of hydrogen-bond acceptors (Lipinski definition) is 6. The lowest BCUT2D eigenvalue weighted by molar-refractivity contribution is -0.116. The molecule has 148 valence electrons. The molecule has 3 aromatic rings. The zero-order valence-corrected chi connectivity index (χ0v) is 17.0. The summed E-state index contributed by atoms with van der Waals surface area (Å²) in [6.07, 6.45) is 2.22. The van der Waals surface area contributed by atoms with Gasteiger partial charge >= 0.3 is 0 Å². The molecule has 0 bridgehead atoms. The van der Waals surface area contributed by atoms with Crippen LogP contribution in [-0.2, 0) is 10.5 Å². The molecule has 0 fully saturated rings. The van der Waals surface area contributed by atoms with E-state index in [0.29, 0.717) is 23.1 Å². The van der Waals surface area contributed by atoms with Crippen LogP contribution in [0.25, 0.3) is 0 Å². The quantitative estimate of drug-likeness (QED) is 0.636. The van der Waals surface area contributed by atoms with Gasteiger partial charge < -0.3 is 5.32 Å². The fourth-order valence-corrected chi connectivity index (χ4v) is 4.75. The molecule has 5 rings (SSSR count). The minimum atomic E-state index is -0.324. The maximum Gasteiger partial charge on any atom is 0.227 e. The molecule has 1 N–H and O–H groups in total. The van der Waals surface area contributed by atoms with E-state index >= 15 is 0 Å². The summed E-state index contributed by atoms with van der Waals surface area (Å²) in [4.78, 5) is 17.5. The second-order valence-corrected chi connectivity index (χ2v) is 8.31. The van der Waals surface area contributed by atoms with Crippen LogP contribution in [0.3, 0.4) is 0 Å². The lowest BCUT2D eigenvalue weighted by Gasteiger charge is -2.32. The van der Waals surface area contributed by atoms with Crippen LogP contribution in [0.4, 0.5) is 5.95 Å². The number of hydrogen-bond donors (Lipinski definition) is 1. The first-order valence-corrected chi connectivity index (χ1v) is 10.9. The molecule has 0 radical (unpaired) electrons. The summed E-state index contributed by atoms with van der Waals surface area (Å²) >= 11 is 1.57. The number of rotatable bonds is 4. The smallest absolute Gasteiger partial charge is 0.227 e. The molecular formula is C23H19N5OS. The Bertz CT molecular complexity index is 1170. The monoisotopic (exact) mass is 413 g/mol. The summed E-state index contributed by atoms with van der Waals surface area (Å²) < 4.78 is 1.82. The first kappa shape index (κ1) is 18.6. The van der Waals surface area contributed by atoms with Gasteiger partial charge in [0.2, 0.25) is 11.1 Å². The molecule has 0 saturated carbocycles. The van der Waals surface area contributed by atoms with E-state index < -0.39 is 0 Å². The van der Waals surface area contributed by atoms with Crippen molar-refractivity contribution in [2.45, 2.75) is 36.2 Å². The zero-order valence-electron chi connectivity index (χ0n) is 16.2. The normalized spacial score (nSPS) is 17.7. The number of fused-ring (bicyclic) bond motifs is 1. The van der Waals surface area contributed by atoms with Crippen LogP contribution in [0.1, 0.15) is 42.0 Å². The van der Waals surface area contributed by atoms with Crippen molar-refractivity contribution in [3.63, 3.8) is 0 Å². The molecule has 1 aliphatic heterocycles. The summed E-state index contributed by atoms with van der Waals surface area (Å²) in [5.41, 5.74) is 4.45. The number of benzene rings is 2. The molecule has 1 aromatic heterocycles. The number of thioether (sulfide) groups is 1. The second kappa shape index (κ2) is 7.81. The Labute approximate surface area is 178 Å². The first-order valence-electron chi connectivity index (χ1n) is 9.89. The van der Waals surface area contributed by atoms with Crippen LogP contribution >= 0.6 is 11.8 Å². The Morgan fingerprint density at radius 1 is 1.13 bits per heavy atom. The number of carbonyl (C=O) groups is 1. The van der Waals surface area contributed by atoms with Crippen LogP contribution in [-0.4, -0.2) is 20.5 Å². The Morgan fingerprint density at radius 3 is 2.70 bits per heavy atom. The highest BCUT2D eigenvalue weighted by atomic mass is 32.2. The van der Waals surface area contributed by atoms with Gasteiger partial charge in [-0.25, -0.2) is 4.68 Å². The van der Waals surface area contributed by atoms with E-state index in [1.165, 1.54) is 5.56 Å². The minimum Gasteiger partial charge on any atom is -0.328 e. The largest absolute Gasteiger partial charge is 0.328 e. The van der Waals surface area contributed by atoms with Crippen molar-refractivity contribution in [3.05, 3.63) is 82.6 Å². The molecule has 0 spiro atoms. The standard InChI is InChI=1S/C23H19N5OS/c24-13-15-9-11-17(12-10-15)21-20-18(7-4-8-19(20)29)25-22-26-23(27-28(21)22)30-14-16-5-2-1-3-6-16/h1-3,5-6,9-12,21H,4,7-8,14H2,(H,25,26,27)/t21-/m0/s1. The molecule has 30 heavy (non-hydrogen) atoms. The number of nitrogens with zero attached hydrogens (tertiary/aromatic N) is 4. The van der Waals surface area contributed by atoms with E-state index in [1.807, 2.05) is 35.0 Å². The highest BCUT2D eigenvalue weighted by Gasteiger charge is 2.36. The summed E-state index contributed by atoms with van der Waals surface area (Å²) in [6, 6.07) is 19.4.